The minimum absolute atomic E-state index is 0.247. The van der Waals surface area contributed by atoms with Gasteiger partial charge in [-0.15, -0.1) is 0 Å². The Morgan fingerprint density at radius 2 is 2.17 bits per heavy atom. The molecule has 0 fully saturated rings. The Balaban J connectivity index is 2.04. The second-order valence-electron chi connectivity index (χ2n) is 5.00. The fourth-order valence-electron chi connectivity index (χ4n) is 2.40. The van der Waals surface area contributed by atoms with E-state index in [0.29, 0.717) is 4.88 Å². The Kier molecular flexibility index (Phi) is 3.87. The fraction of sp³-hybridized carbons (Fsp3) is 0.188. The zero-order valence-corrected chi connectivity index (χ0v) is 13.3. The summed E-state index contributed by atoms with van der Waals surface area (Å²) in [5.41, 5.74) is 2.57. The van der Waals surface area contributed by atoms with Gasteiger partial charge in [-0.25, -0.2) is 4.79 Å². The highest BCUT2D eigenvalue weighted by Gasteiger charge is 2.24. The summed E-state index contributed by atoms with van der Waals surface area (Å²) in [5.74, 6) is -0.838. The third-order valence-corrected chi connectivity index (χ3v) is 4.51. The number of ether oxygens (including phenoxy) is 1. The maximum Gasteiger partial charge on any atom is 0.328 e. The predicted molar refractivity (Wildman–Crippen MR) is 89.4 cm³/mol. The van der Waals surface area contributed by atoms with Crippen LogP contribution in [0.2, 0.25) is 0 Å². The highest BCUT2D eigenvalue weighted by Crippen LogP contribution is 2.34. The first-order chi connectivity index (χ1) is 11.0. The zero-order chi connectivity index (χ0) is 16.6. The monoisotopic (exact) mass is 330 g/mol. The van der Waals surface area contributed by atoms with Gasteiger partial charge < -0.3 is 9.84 Å². The SMILES string of the molecule is COC(=O)C(C)n1c(O)c(C=C2C=Nc3ccccc32)sc1=O. The second-order valence-corrected chi connectivity index (χ2v) is 5.99. The third-order valence-electron chi connectivity index (χ3n) is 3.62. The van der Waals surface area contributed by atoms with Crippen molar-refractivity contribution in [2.75, 3.05) is 7.11 Å². The van der Waals surface area contributed by atoms with E-state index in [4.69, 9.17) is 0 Å². The molecule has 1 unspecified atom stereocenters. The summed E-state index contributed by atoms with van der Waals surface area (Å²) < 4.78 is 5.65. The van der Waals surface area contributed by atoms with Gasteiger partial charge in [0.15, 0.2) is 0 Å². The molecular weight excluding hydrogens is 316 g/mol. The number of hydrogen-bond donors (Lipinski definition) is 1. The number of aliphatic imine (C=N–C) groups is 1. The van der Waals surface area contributed by atoms with Crippen LogP contribution < -0.4 is 4.87 Å². The largest absolute Gasteiger partial charge is 0.493 e. The second kappa shape index (κ2) is 5.85. The maximum atomic E-state index is 12.1. The Hall–Kier alpha value is -2.67. The number of benzene rings is 1. The first-order valence-electron chi connectivity index (χ1n) is 6.90. The molecule has 0 spiro atoms. The van der Waals surface area contributed by atoms with Crippen LogP contribution in [-0.2, 0) is 9.53 Å². The molecule has 6 nitrogen and oxygen atoms in total. The van der Waals surface area contributed by atoms with Crippen molar-refractivity contribution in [2.45, 2.75) is 13.0 Å². The van der Waals surface area contributed by atoms with E-state index in [-0.39, 0.29) is 5.88 Å². The van der Waals surface area contributed by atoms with Gasteiger partial charge in [0.25, 0.3) is 0 Å². The van der Waals surface area contributed by atoms with E-state index in [1.807, 2.05) is 24.3 Å². The lowest BCUT2D eigenvalue weighted by Crippen LogP contribution is -2.24. The van der Waals surface area contributed by atoms with Crippen molar-refractivity contribution in [3.8, 4) is 5.88 Å². The molecule has 118 valence electrons. The average Bonchev–Trinajstić information content (AvgIpc) is 3.08. The van der Waals surface area contributed by atoms with Gasteiger partial charge in [-0.3, -0.25) is 14.4 Å². The first-order valence-corrected chi connectivity index (χ1v) is 7.72. The number of carbonyl (C=O) groups excluding carboxylic acids is 1. The van der Waals surface area contributed by atoms with Crippen LogP contribution in [0.5, 0.6) is 5.88 Å². The van der Waals surface area contributed by atoms with Gasteiger partial charge in [-0.2, -0.15) is 0 Å². The van der Waals surface area contributed by atoms with E-state index in [2.05, 4.69) is 9.73 Å². The number of carbonyl (C=O) groups is 1. The number of rotatable bonds is 3. The highest BCUT2D eigenvalue weighted by atomic mass is 32.1. The van der Waals surface area contributed by atoms with Crippen molar-refractivity contribution in [1.29, 1.82) is 0 Å². The summed E-state index contributed by atoms with van der Waals surface area (Å²) in [6, 6.07) is 6.71. The molecule has 1 aliphatic rings. The lowest BCUT2D eigenvalue weighted by molar-refractivity contribution is -0.144. The van der Waals surface area contributed by atoms with Crippen LogP contribution in [0.15, 0.2) is 34.1 Å². The number of aromatic hydroxyl groups is 1. The van der Waals surface area contributed by atoms with E-state index in [1.54, 1.807) is 12.3 Å². The molecule has 1 N–H and O–H groups in total. The van der Waals surface area contributed by atoms with E-state index in [9.17, 15) is 14.7 Å². The van der Waals surface area contributed by atoms with Gasteiger partial charge in [0, 0.05) is 17.4 Å². The molecule has 0 saturated heterocycles. The minimum Gasteiger partial charge on any atom is -0.493 e. The molecule has 1 atom stereocenters. The van der Waals surface area contributed by atoms with Crippen LogP contribution in [0.25, 0.3) is 11.6 Å². The van der Waals surface area contributed by atoms with Crippen LogP contribution in [0.1, 0.15) is 23.4 Å². The number of methoxy groups -OCH3 is 1. The molecule has 23 heavy (non-hydrogen) atoms. The van der Waals surface area contributed by atoms with E-state index >= 15 is 0 Å². The summed E-state index contributed by atoms with van der Waals surface area (Å²) in [6.45, 7) is 1.50. The van der Waals surface area contributed by atoms with Crippen molar-refractivity contribution >= 4 is 40.9 Å². The minimum atomic E-state index is -0.888. The summed E-state index contributed by atoms with van der Waals surface area (Å²) in [4.78, 5) is 27.9. The number of allylic oxidation sites excluding steroid dienone is 1. The van der Waals surface area contributed by atoms with Gasteiger partial charge in [0.05, 0.1) is 17.7 Å². The van der Waals surface area contributed by atoms with E-state index in [1.165, 1.54) is 14.0 Å². The van der Waals surface area contributed by atoms with Crippen molar-refractivity contribution < 1.29 is 14.6 Å². The number of para-hydroxylation sites is 1. The van der Waals surface area contributed by atoms with Crippen LogP contribution in [0, 0.1) is 0 Å². The van der Waals surface area contributed by atoms with Gasteiger partial charge in [0.2, 0.25) is 5.88 Å². The molecule has 2 aromatic rings. The fourth-order valence-corrected chi connectivity index (χ4v) is 3.31. The Labute approximate surface area is 136 Å². The number of aromatic nitrogens is 1. The van der Waals surface area contributed by atoms with E-state index < -0.39 is 16.9 Å². The van der Waals surface area contributed by atoms with Crippen LogP contribution in [0.3, 0.4) is 0 Å². The van der Waals surface area contributed by atoms with Crippen LogP contribution in [-0.4, -0.2) is 29.0 Å². The van der Waals surface area contributed by atoms with Crippen LogP contribution >= 0.6 is 11.3 Å². The topological polar surface area (TPSA) is 80.9 Å². The third kappa shape index (κ3) is 2.59. The summed E-state index contributed by atoms with van der Waals surface area (Å²) >= 11 is 0.870. The summed E-state index contributed by atoms with van der Waals surface area (Å²) in [7, 11) is 1.24. The quantitative estimate of drug-likeness (QED) is 0.877. The molecule has 3 rings (SSSR count). The number of esters is 1. The molecule has 0 saturated carbocycles. The molecule has 0 bridgehead atoms. The molecule has 7 heteroatoms. The van der Waals surface area contributed by atoms with Crippen LogP contribution in [0.4, 0.5) is 5.69 Å². The number of nitrogens with zero attached hydrogens (tertiary/aromatic N) is 2. The molecule has 1 aromatic heterocycles. The molecule has 1 aliphatic heterocycles. The smallest absolute Gasteiger partial charge is 0.328 e. The molecule has 0 radical (unpaired) electrons. The molecule has 0 amide bonds. The molecule has 1 aromatic carbocycles. The van der Waals surface area contributed by atoms with Gasteiger partial charge >= 0.3 is 10.8 Å². The standard InChI is InChI=1S/C16H14N2O4S/c1-9(15(20)22-2)18-14(19)13(23-16(18)21)7-10-8-17-12-6-4-3-5-11(10)12/h3-9,19H,1-2H3. The van der Waals surface area contributed by atoms with Crippen molar-refractivity contribution in [2.24, 2.45) is 4.99 Å². The number of fused-ring (bicyclic) bond motifs is 1. The highest BCUT2D eigenvalue weighted by molar-refractivity contribution is 7.10. The molecular formula is C16H14N2O4S. The Morgan fingerprint density at radius 3 is 2.91 bits per heavy atom. The van der Waals surface area contributed by atoms with Crippen molar-refractivity contribution in [1.82, 2.24) is 4.57 Å². The maximum absolute atomic E-state index is 12.1. The lowest BCUT2D eigenvalue weighted by Gasteiger charge is -2.10. The zero-order valence-electron chi connectivity index (χ0n) is 12.5. The van der Waals surface area contributed by atoms with Gasteiger partial charge in [-0.1, -0.05) is 29.5 Å². The van der Waals surface area contributed by atoms with Crippen molar-refractivity contribution in [3.63, 3.8) is 0 Å². The van der Waals surface area contributed by atoms with E-state index in [0.717, 1.165) is 32.7 Å². The Bertz CT molecular complexity index is 892. The average molecular weight is 330 g/mol. The molecule has 2 heterocycles. The number of thiazole rings is 1. The normalized spacial score (nSPS) is 15.7. The number of hydrogen-bond acceptors (Lipinski definition) is 6. The van der Waals surface area contributed by atoms with Gasteiger partial charge in [0.1, 0.15) is 6.04 Å². The predicted octanol–water partition coefficient (Wildman–Crippen LogP) is 2.61. The summed E-state index contributed by atoms with van der Waals surface area (Å²) in [5, 5.41) is 10.3. The van der Waals surface area contributed by atoms with Crippen molar-refractivity contribution in [3.05, 3.63) is 44.4 Å². The van der Waals surface area contributed by atoms with Gasteiger partial charge in [-0.05, 0) is 19.1 Å². The lowest BCUT2D eigenvalue weighted by atomic mass is 10.1. The summed E-state index contributed by atoms with van der Waals surface area (Å²) in [6.07, 6.45) is 3.37. The first kappa shape index (κ1) is 15.2. The Morgan fingerprint density at radius 1 is 1.43 bits per heavy atom. The molecule has 0 aliphatic carbocycles.